The third kappa shape index (κ3) is 7.47. The monoisotopic (exact) mass is 533 g/mol. The third-order valence-electron chi connectivity index (χ3n) is 6.64. The van der Waals surface area contributed by atoms with Crippen molar-refractivity contribution in [3.63, 3.8) is 0 Å². The number of nitrogens with one attached hydrogen (secondary N) is 2. The highest BCUT2D eigenvalue weighted by Gasteiger charge is 2.25. The second kappa shape index (κ2) is 13.3. The van der Waals surface area contributed by atoms with Gasteiger partial charge in [0, 0.05) is 51.8 Å². The Labute approximate surface area is 221 Å². The van der Waals surface area contributed by atoms with Gasteiger partial charge in [0.2, 0.25) is 0 Å². The van der Waals surface area contributed by atoms with Gasteiger partial charge in [-0.25, -0.2) is 4.98 Å². The Bertz CT molecular complexity index is 1060. The van der Waals surface area contributed by atoms with Crippen LogP contribution in [-0.4, -0.2) is 87.5 Å². The summed E-state index contributed by atoms with van der Waals surface area (Å²) in [5, 5.41) is 8.10. The highest BCUT2D eigenvalue weighted by atomic mass is 32.1. The summed E-state index contributed by atoms with van der Waals surface area (Å²) in [4.78, 5) is 34.8. The molecule has 0 saturated carbocycles. The minimum absolute atomic E-state index is 0.169. The highest BCUT2D eigenvalue weighted by Crippen LogP contribution is 2.27. The largest absolute Gasteiger partial charge is 0.380 e. The number of alkyl halides is 1. The Morgan fingerprint density at radius 1 is 1.32 bits per heavy atom. The van der Waals surface area contributed by atoms with Crippen LogP contribution in [0.15, 0.2) is 23.6 Å². The number of hydrogen-bond donors (Lipinski definition) is 2. The lowest BCUT2D eigenvalue weighted by Gasteiger charge is -2.21. The predicted octanol–water partition coefficient (Wildman–Crippen LogP) is 3.32. The summed E-state index contributed by atoms with van der Waals surface area (Å²) in [6, 6.07) is 5.43. The third-order valence-corrected chi connectivity index (χ3v) is 7.54. The summed E-state index contributed by atoms with van der Waals surface area (Å²) in [5.41, 5.74) is 1.97. The molecule has 202 valence electrons. The number of nitrogens with zero attached hydrogens (tertiary/aromatic N) is 3. The quantitative estimate of drug-likeness (QED) is 0.404. The molecule has 1 aromatic heterocycles. The summed E-state index contributed by atoms with van der Waals surface area (Å²) in [6.07, 6.45) is 3.70. The Morgan fingerprint density at radius 3 is 2.92 bits per heavy atom. The molecular formula is C26H36FN5O4S. The summed E-state index contributed by atoms with van der Waals surface area (Å²) >= 11 is 1.41. The first-order valence-corrected chi connectivity index (χ1v) is 13.7. The zero-order valence-electron chi connectivity index (χ0n) is 21.5. The minimum atomic E-state index is -0.508. The standard InChI is InChI=1S/C26H36FN5O4S/c1-31(15-20-5-3-12-36-20)14-18-6-7-22(21(13-18)24(33)28-10-4-9-27)29-25(34)23-17-37-26(30-23)32-11-8-19(16-32)35-2/h6-7,13,17,19-20H,3-5,8-12,14-16H2,1-2H3,(H,28,33)(H,29,34)/t19-,20+/m0/s1. The van der Waals surface area contributed by atoms with Crippen LogP contribution in [0.1, 0.15) is 52.1 Å². The molecule has 37 heavy (non-hydrogen) atoms. The maximum Gasteiger partial charge on any atom is 0.275 e. The zero-order valence-corrected chi connectivity index (χ0v) is 22.3. The number of carbonyl (C=O) groups excluding carboxylic acids is 2. The van der Waals surface area contributed by atoms with Crippen molar-refractivity contribution in [3.05, 3.63) is 40.4 Å². The first kappa shape index (κ1) is 27.4. The van der Waals surface area contributed by atoms with Gasteiger partial charge in [-0.1, -0.05) is 6.07 Å². The molecule has 2 aromatic rings. The highest BCUT2D eigenvalue weighted by molar-refractivity contribution is 7.14. The maximum atomic E-state index is 13.0. The van der Waals surface area contributed by atoms with Crippen LogP contribution in [0.2, 0.25) is 0 Å². The molecular weight excluding hydrogens is 497 g/mol. The van der Waals surface area contributed by atoms with Crippen LogP contribution >= 0.6 is 11.3 Å². The zero-order chi connectivity index (χ0) is 26.2. The van der Waals surface area contributed by atoms with Gasteiger partial charge in [0.1, 0.15) is 5.69 Å². The van der Waals surface area contributed by atoms with E-state index >= 15 is 0 Å². The summed E-state index contributed by atoms with van der Waals surface area (Å²) in [6.45, 7) is 3.54. The first-order valence-electron chi connectivity index (χ1n) is 12.8. The van der Waals surface area contributed by atoms with Gasteiger partial charge in [-0.05, 0) is 50.4 Å². The van der Waals surface area contributed by atoms with E-state index in [0.29, 0.717) is 23.5 Å². The van der Waals surface area contributed by atoms with Gasteiger partial charge < -0.3 is 25.0 Å². The molecule has 2 aliphatic heterocycles. The SMILES string of the molecule is CO[C@H]1CCN(c2nc(C(=O)Nc3ccc(CN(C)C[C@H]4CCCO4)cc3C(=O)NCCCF)cs2)C1. The molecule has 2 fully saturated rings. The summed E-state index contributed by atoms with van der Waals surface area (Å²) in [5.74, 6) is -0.736. The van der Waals surface area contributed by atoms with Crippen LogP contribution in [0, 0.1) is 0 Å². The molecule has 11 heteroatoms. The van der Waals surface area contributed by atoms with Crippen molar-refractivity contribution in [2.45, 2.75) is 44.4 Å². The molecule has 2 saturated heterocycles. The van der Waals surface area contributed by atoms with Crippen LogP contribution in [0.5, 0.6) is 0 Å². The van der Waals surface area contributed by atoms with Gasteiger partial charge in [-0.3, -0.25) is 18.9 Å². The number of thiazole rings is 1. The van der Waals surface area contributed by atoms with Gasteiger partial charge in [-0.15, -0.1) is 11.3 Å². The Morgan fingerprint density at radius 2 is 2.19 bits per heavy atom. The van der Waals surface area contributed by atoms with Gasteiger partial charge in [0.05, 0.1) is 30.1 Å². The van der Waals surface area contributed by atoms with E-state index < -0.39 is 6.67 Å². The number of carbonyl (C=O) groups is 2. The molecule has 2 atom stereocenters. The molecule has 4 rings (SSSR count). The van der Waals surface area contributed by atoms with Crippen LogP contribution in [0.4, 0.5) is 15.2 Å². The summed E-state index contributed by atoms with van der Waals surface area (Å²) < 4.78 is 23.7. The van der Waals surface area contributed by atoms with E-state index in [1.807, 2.05) is 13.1 Å². The lowest BCUT2D eigenvalue weighted by Crippen LogP contribution is -2.29. The van der Waals surface area contributed by atoms with Crippen molar-refractivity contribution in [2.75, 3.05) is 63.8 Å². The molecule has 2 N–H and O–H groups in total. The fourth-order valence-electron chi connectivity index (χ4n) is 4.66. The molecule has 2 amide bonds. The minimum Gasteiger partial charge on any atom is -0.380 e. The molecule has 1 aromatic carbocycles. The number of benzene rings is 1. The average Bonchev–Trinajstić information content (AvgIpc) is 3.66. The number of aromatic nitrogens is 1. The van der Waals surface area contributed by atoms with Crippen molar-refractivity contribution in [3.8, 4) is 0 Å². The van der Waals surface area contributed by atoms with E-state index in [4.69, 9.17) is 9.47 Å². The van der Waals surface area contributed by atoms with Gasteiger partial charge >= 0.3 is 0 Å². The van der Waals surface area contributed by atoms with Gasteiger partial charge in [0.15, 0.2) is 5.13 Å². The van der Waals surface area contributed by atoms with E-state index in [1.54, 1.807) is 24.6 Å². The van der Waals surface area contributed by atoms with E-state index in [0.717, 1.165) is 56.2 Å². The van der Waals surface area contributed by atoms with E-state index in [9.17, 15) is 14.0 Å². The molecule has 0 aliphatic carbocycles. The second-order valence-corrected chi connectivity index (χ2v) is 10.4. The van der Waals surface area contributed by atoms with Crippen LogP contribution in [0.25, 0.3) is 0 Å². The van der Waals surface area contributed by atoms with Gasteiger partial charge in [0.25, 0.3) is 11.8 Å². The molecule has 3 heterocycles. The Kier molecular flexibility index (Phi) is 9.84. The van der Waals surface area contributed by atoms with E-state index in [-0.39, 0.29) is 37.0 Å². The fraction of sp³-hybridized carbons (Fsp3) is 0.577. The molecule has 9 nitrogen and oxygen atoms in total. The molecule has 2 aliphatic rings. The maximum absolute atomic E-state index is 13.0. The number of rotatable bonds is 12. The van der Waals surface area contributed by atoms with Crippen molar-refractivity contribution >= 4 is 34.0 Å². The second-order valence-electron chi connectivity index (χ2n) is 9.57. The number of anilines is 2. The van der Waals surface area contributed by atoms with E-state index in [1.165, 1.54) is 11.3 Å². The number of amides is 2. The summed E-state index contributed by atoms with van der Waals surface area (Å²) in [7, 11) is 3.72. The van der Waals surface area contributed by atoms with Crippen LogP contribution in [0.3, 0.4) is 0 Å². The number of likely N-dealkylation sites (N-methyl/N-ethyl adjacent to an activating group) is 1. The topological polar surface area (TPSA) is 96.0 Å². The van der Waals surface area contributed by atoms with Crippen molar-refractivity contribution in [2.24, 2.45) is 0 Å². The van der Waals surface area contributed by atoms with Crippen molar-refractivity contribution in [1.82, 2.24) is 15.2 Å². The average molecular weight is 534 g/mol. The van der Waals surface area contributed by atoms with Crippen molar-refractivity contribution < 1.29 is 23.5 Å². The predicted molar refractivity (Wildman–Crippen MR) is 142 cm³/mol. The van der Waals surface area contributed by atoms with Crippen LogP contribution < -0.4 is 15.5 Å². The first-order chi connectivity index (χ1) is 18.0. The van der Waals surface area contributed by atoms with Crippen molar-refractivity contribution in [1.29, 1.82) is 0 Å². The number of halogens is 1. The van der Waals surface area contributed by atoms with Crippen LogP contribution in [-0.2, 0) is 16.0 Å². The normalized spacial score (nSPS) is 19.5. The van der Waals surface area contributed by atoms with Gasteiger partial charge in [-0.2, -0.15) is 0 Å². The lowest BCUT2D eigenvalue weighted by atomic mass is 10.1. The molecule has 0 spiro atoms. The smallest absolute Gasteiger partial charge is 0.275 e. The number of methoxy groups -OCH3 is 1. The fourth-order valence-corrected chi connectivity index (χ4v) is 5.50. The molecule has 0 unspecified atom stereocenters. The number of ether oxygens (including phenoxy) is 2. The van der Waals surface area contributed by atoms with E-state index in [2.05, 4.69) is 25.4 Å². The lowest BCUT2D eigenvalue weighted by molar-refractivity contribution is 0.0792. The Hall–Kier alpha value is -2.60. The molecule has 0 radical (unpaired) electrons. The Balaban J connectivity index is 1.45. The number of hydrogen-bond acceptors (Lipinski definition) is 8. The molecule has 0 bridgehead atoms.